The van der Waals surface area contributed by atoms with Crippen LogP contribution in [0.1, 0.15) is 59.9 Å². The predicted octanol–water partition coefficient (Wildman–Crippen LogP) is 6.32. The maximum absolute atomic E-state index is 12.6. The molecule has 0 radical (unpaired) electrons. The summed E-state index contributed by atoms with van der Waals surface area (Å²) in [7, 11) is 1.24. The van der Waals surface area contributed by atoms with Crippen molar-refractivity contribution in [3.63, 3.8) is 0 Å². The molecule has 256 valence electrons. The maximum Gasteiger partial charge on any atom is 0.327 e. The van der Waals surface area contributed by atoms with Crippen molar-refractivity contribution in [3.8, 4) is 17.6 Å². The second-order valence-corrected chi connectivity index (χ2v) is 11.8. The first-order valence-corrected chi connectivity index (χ1v) is 16.2. The van der Waals surface area contributed by atoms with Crippen molar-refractivity contribution >= 4 is 23.7 Å². The molecule has 0 saturated heterocycles. The van der Waals surface area contributed by atoms with Crippen LogP contribution in [0, 0.1) is 17.9 Å². The number of hydrogen-bond donors (Lipinski definition) is 2. The third-order valence-corrected chi connectivity index (χ3v) is 8.47. The van der Waals surface area contributed by atoms with Crippen molar-refractivity contribution in [1.29, 1.82) is 5.26 Å². The Morgan fingerprint density at radius 3 is 2.06 bits per heavy atom. The van der Waals surface area contributed by atoms with Gasteiger partial charge in [0.15, 0.2) is 30.6 Å². The number of esters is 2. The van der Waals surface area contributed by atoms with Gasteiger partial charge in [0.05, 0.1) is 33.0 Å². The molecule has 10 nitrogen and oxygen atoms in total. The molecule has 0 fully saturated rings. The van der Waals surface area contributed by atoms with E-state index in [1.807, 2.05) is 66.4 Å². The minimum absolute atomic E-state index is 0.163. The van der Waals surface area contributed by atoms with Crippen molar-refractivity contribution in [2.24, 2.45) is 0 Å². The second kappa shape index (κ2) is 18.0. The van der Waals surface area contributed by atoms with E-state index in [0.717, 1.165) is 16.7 Å². The number of nitriles is 1. The molecular formula is C40H40N3O7+. The van der Waals surface area contributed by atoms with Crippen LogP contribution >= 0.6 is 0 Å². The molecule has 1 heterocycles. The van der Waals surface area contributed by atoms with Gasteiger partial charge in [-0.2, -0.15) is 5.26 Å². The van der Waals surface area contributed by atoms with Crippen molar-refractivity contribution in [2.45, 2.75) is 44.1 Å². The lowest BCUT2D eigenvalue weighted by Crippen LogP contribution is -2.35. The average molecular weight is 675 g/mol. The summed E-state index contributed by atoms with van der Waals surface area (Å²) in [6.45, 7) is 11.4. The first-order chi connectivity index (χ1) is 24.2. The van der Waals surface area contributed by atoms with Crippen LogP contribution in [0.25, 0.3) is 16.6 Å². The van der Waals surface area contributed by atoms with Gasteiger partial charge in [-0.25, -0.2) is 9.41 Å². The van der Waals surface area contributed by atoms with Gasteiger partial charge < -0.3 is 24.4 Å². The summed E-state index contributed by atoms with van der Waals surface area (Å²) in [5.74, 6) is -1.62. The van der Waals surface area contributed by atoms with E-state index >= 15 is 0 Å². The molecule has 4 rings (SSSR count). The highest BCUT2D eigenvalue weighted by molar-refractivity contribution is 5.86. The molecule has 0 aliphatic rings. The highest BCUT2D eigenvalue weighted by Gasteiger charge is 2.30. The molecule has 0 amide bonds. The van der Waals surface area contributed by atoms with Gasteiger partial charge in [0, 0.05) is 30.4 Å². The van der Waals surface area contributed by atoms with Crippen LogP contribution in [0.4, 0.5) is 0 Å². The monoisotopic (exact) mass is 674 g/mol. The fraction of sp³-hybridized carbons (Fsp3) is 0.275. The fourth-order valence-electron chi connectivity index (χ4n) is 5.44. The van der Waals surface area contributed by atoms with Crippen LogP contribution in [-0.2, 0) is 35.8 Å². The Labute approximate surface area is 292 Å². The van der Waals surface area contributed by atoms with E-state index in [4.69, 9.17) is 16.0 Å². The smallest absolute Gasteiger partial charge is 0.327 e. The van der Waals surface area contributed by atoms with Crippen LogP contribution in [0.2, 0.25) is 0 Å². The molecule has 0 aliphatic carbocycles. The Balaban J connectivity index is 1.18. The molecule has 1 unspecified atom stereocenters. The standard InChI is InChI=1S/C40H39N3O7/c1-40(32-9-13-34(44)14-10-32,33-11-15-35(45)16-12-33)20-17-38(46)50-25-4-24-49-26-23-43-21-18-29(19-22-43)27-37(42-2)31-7-5-30(6-8-31)36(28-41)39(47)48-3/h5-16,18-19,21-22,27,36H,4,17,20,23-26H2,1,3H3,(H-,44,45)/p+1/b37-27-. The van der Waals surface area contributed by atoms with E-state index in [1.54, 1.807) is 54.6 Å². The first kappa shape index (κ1) is 36.9. The molecule has 50 heavy (non-hydrogen) atoms. The van der Waals surface area contributed by atoms with Gasteiger partial charge in [0.2, 0.25) is 0 Å². The van der Waals surface area contributed by atoms with Crippen molar-refractivity contribution in [3.05, 3.63) is 137 Å². The number of rotatable bonds is 16. The normalized spacial score (nSPS) is 12.0. The summed E-state index contributed by atoms with van der Waals surface area (Å²) in [6.07, 6.45) is 6.82. The minimum atomic E-state index is -1.02. The molecule has 3 aromatic carbocycles. The Morgan fingerprint density at radius 1 is 0.920 bits per heavy atom. The summed E-state index contributed by atoms with van der Waals surface area (Å²) >= 11 is 0. The number of aromatic nitrogens is 1. The largest absolute Gasteiger partial charge is 0.508 e. The Hall–Kier alpha value is -5.97. The zero-order chi connectivity index (χ0) is 35.9. The van der Waals surface area contributed by atoms with Crippen molar-refractivity contribution < 1.29 is 38.6 Å². The number of nitrogens with zero attached hydrogens (tertiary/aromatic N) is 3. The lowest BCUT2D eigenvalue weighted by molar-refractivity contribution is -0.698. The molecule has 10 heteroatoms. The molecule has 0 saturated carbocycles. The Morgan fingerprint density at radius 2 is 1.52 bits per heavy atom. The van der Waals surface area contributed by atoms with Crippen molar-refractivity contribution in [2.75, 3.05) is 26.9 Å². The molecule has 0 aliphatic heterocycles. The Kier molecular flexibility index (Phi) is 13.3. The number of phenolic OH excluding ortho intramolecular Hbond substituents is 2. The summed E-state index contributed by atoms with van der Waals surface area (Å²) < 4.78 is 17.9. The molecule has 1 aromatic heterocycles. The van der Waals surface area contributed by atoms with Gasteiger partial charge in [-0.1, -0.05) is 55.5 Å². The quantitative estimate of drug-likeness (QED) is 0.0611. The number of ether oxygens (including phenoxy) is 3. The molecular weight excluding hydrogens is 634 g/mol. The summed E-state index contributed by atoms with van der Waals surface area (Å²) in [4.78, 5) is 28.1. The van der Waals surface area contributed by atoms with Gasteiger partial charge in [-0.05, 0) is 64.6 Å². The van der Waals surface area contributed by atoms with E-state index < -0.39 is 17.3 Å². The van der Waals surface area contributed by atoms with Crippen molar-refractivity contribution in [1.82, 2.24) is 0 Å². The third-order valence-electron chi connectivity index (χ3n) is 8.47. The molecule has 1 atom stereocenters. The Bertz CT molecular complexity index is 1790. The third kappa shape index (κ3) is 10.0. The lowest BCUT2D eigenvalue weighted by Gasteiger charge is -2.31. The molecule has 2 N–H and O–H groups in total. The van der Waals surface area contributed by atoms with E-state index in [0.29, 0.717) is 49.4 Å². The minimum Gasteiger partial charge on any atom is -0.508 e. The number of carbonyl (C=O) groups is 2. The van der Waals surface area contributed by atoms with Crippen LogP contribution in [0.3, 0.4) is 0 Å². The van der Waals surface area contributed by atoms with Crippen LogP contribution in [0.5, 0.6) is 11.5 Å². The second-order valence-electron chi connectivity index (χ2n) is 11.8. The SMILES string of the molecule is [C-]#[N+]/C(=C\c1cc[n+](CCOCCCOC(=O)CCC(C)(c2ccc(O)cc2)c2ccc(O)cc2)cc1)c1ccc(C(C#N)C(=O)OC)cc1. The van der Waals surface area contributed by atoms with Crippen LogP contribution in [0.15, 0.2) is 97.3 Å². The van der Waals surface area contributed by atoms with Gasteiger partial charge in [0.1, 0.15) is 18.1 Å². The number of aromatic hydroxyl groups is 2. The van der Waals surface area contributed by atoms with Crippen LogP contribution in [-0.4, -0.2) is 49.1 Å². The fourth-order valence-corrected chi connectivity index (χ4v) is 5.44. The number of phenols is 2. The highest BCUT2D eigenvalue weighted by Crippen LogP contribution is 2.38. The average Bonchev–Trinajstić information content (AvgIpc) is 3.14. The van der Waals surface area contributed by atoms with Gasteiger partial charge in [-0.15, -0.1) is 0 Å². The predicted molar refractivity (Wildman–Crippen MR) is 186 cm³/mol. The van der Waals surface area contributed by atoms with E-state index in [-0.39, 0.29) is 30.5 Å². The number of benzene rings is 3. The maximum atomic E-state index is 12.6. The molecule has 4 aromatic rings. The zero-order valence-corrected chi connectivity index (χ0v) is 28.1. The van der Waals surface area contributed by atoms with Gasteiger partial charge >= 0.3 is 11.9 Å². The summed E-state index contributed by atoms with van der Waals surface area (Å²) in [6, 6.07) is 26.3. The number of carbonyl (C=O) groups excluding carboxylic acids is 2. The lowest BCUT2D eigenvalue weighted by atomic mass is 9.73. The first-order valence-electron chi connectivity index (χ1n) is 16.2. The topological polar surface area (TPSA) is 134 Å². The molecule has 0 spiro atoms. The summed E-state index contributed by atoms with van der Waals surface area (Å²) in [5, 5.41) is 28.8. The highest BCUT2D eigenvalue weighted by atomic mass is 16.5. The van der Waals surface area contributed by atoms with Crippen LogP contribution < -0.4 is 4.57 Å². The summed E-state index contributed by atoms with van der Waals surface area (Å²) in [5.41, 5.74) is 3.79. The molecule has 0 bridgehead atoms. The van der Waals surface area contributed by atoms with E-state index in [9.17, 15) is 25.1 Å². The van der Waals surface area contributed by atoms with Gasteiger partial charge in [-0.3, -0.25) is 9.59 Å². The number of pyridine rings is 1. The van der Waals surface area contributed by atoms with E-state index in [1.165, 1.54) is 7.11 Å². The number of hydrogen-bond acceptors (Lipinski definition) is 8. The van der Waals surface area contributed by atoms with E-state index in [2.05, 4.69) is 9.58 Å². The van der Waals surface area contributed by atoms with Gasteiger partial charge in [0.25, 0.3) is 0 Å². The number of methoxy groups -OCH3 is 1. The zero-order valence-electron chi connectivity index (χ0n) is 28.1.